The standard InChI is InChI=1S/C10H11BrO2/c1-6(2)8-4-3-7(10(12)13)5-9(8)11/h3-6H,1-2H3,(H,12,13). The van der Waals surface area contributed by atoms with Crippen LogP contribution in [0.15, 0.2) is 22.7 Å². The molecule has 1 aromatic rings. The van der Waals surface area contributed by atoms with E-state index in [0.717, 1.165) is 10.0 Å². The number of hydrogen-bond donors (Lipinski definition) is 1. The van der Waals surface area contributed by atoms with Gasteiger partial charge in [0.05, 0.1) is 5.56 Å². The second kappa shape index (κ2) is 3.92. The van der Waals surface area contributed by atoms with E-state index in [4.69, 9.17) is 5.11 Å². The van der Waals surface area contributed by atoms with Gasteiger partial charge in [0, 0.05) is 4.47 Å². The molecular weight excluding hydrogens is 232 g/mol. The van der Waals surface area contributed by atoms with E-state index in [0.29, 0.717) is 11.5 Å². The van der Waals surface area contributed by atoms with E-state index in [9.17, 15) is 4.79 Å². The molecule has 0 aliphatic carbocycles. The van der Waals surface area contributed by atoms with Crippen LogP contribution in [-0.2, 0) is 0 Å². The van der Waals surface area contributed by atoms with Gasteiger partial charge in [0.15, 0.2) is 0 Å². The molecule has 2 nitrogen and oxygen atoms in total. The zero-order valence-electron chi connectivity index (χ0n) is 7.54. The third kappa shape index (κ3) is 2.31. The van der Waals surface area contributed by atoms with Crippen molar-refractivity contribution in [2.75, 3.05) is 0 Å². The Morgan fingerprint density at radius 2 is 2.08 bits per heavy atom. The smallest absolute Gasteiger partial charge is 0.335 e. The molecule has 0 unspecified atom stereocenters. The highest BCUT2D eigenvalue weighted by Crippen LogP contribution is 2.25. The number of carbonyl (C=O) groups is 1. The first kappa shape index (κ1) is 10.3. The largest absolute Gasteiger partial charge is 0.478 e. The summed E-state index contributed by atoms with van der Waals surface area (Å²) in [6.45, 7) is 4.14. The number of aromatic carboxylic acids is 1. The number of rotatable bonds is 2. The summed E-state index contributed by atoms with van der Waals surface area (Å²) in [7, 11) is 0. The van der Waals surface area contributed by atoms with Crippen LogP contribution in [0.1, 0.15) is 35.7 Å². The normalized spacial score (nSPS) is 10.5. The lowest BCUT2D eigenvalue weighted by atomic mass is 10.0. The van der Waals surface area contributed by atoms with E-state index >= 15 is 0 Å². The van der Waals surface area contributed by atoms with E-state index in [-0.39, 0.29) is 0 Å². The van der Waals surface area contributed by atoms with Gasteiger partial charge in [-0.25, -0.2) is 4.79 Å². The molecule has 1 rings (SSSR count). The minimum atomic E-state index is -0.893. The second-order valence-electron chi connectivity index (χ2n) is 3.20. The SMILES string of the molecule is CC(C)c1ccc(C(=O)O)cc1Br. The number of halogens is 1. The van der Waals surface area contributed by atoms with Gasteiger partial charge < -0.3 is 5.11 Å². The average molecular weight is 243 g/mol. The molecule has 0 radical (unpaired) electrons. The lowest BCUT2D eigenvalue weighted by molar-refractivity contribution is 0.0697. The molecule has 1 N–H and O–H groups in total. The first-order chi connectivity index (χ1) is 6.02. The number of carboxylic acids is 1. The first-order valence-corrected chi connectivity index (χ1v) is 4.84. The molecule has 0 spiro atoms. The summed E-state index contributed by atoms with van der Waals surface area (Å²) in [6.07, 6.45) is 0. The van der Waals surface area contributed by atoms with Crippen molar-refractivity contribution in [3.8, 4) is 0 Å². The highest BCUT2D eigenvalue weighted by atomic mass is 79.9. The average Bonchev–Trinajstić information content (AvgIpc) is 2.03. The van der Waals surface area contributed by atoms with Crippen LogP contribution < -0.4 is 0 Å². The first-order valence-electron chi connectivity index (χ1n) is 4.05. The molecule has 0 atom stereocenters. The minimum Gasteiger partial charge on any atom is -0.478 e. The van der Waals surface area contributed by atoms with Gasteiger partial charge in [-0.3, -0.25) is 0 Å². The predicted octanol–water partition coefficient (Wildman–Crippen LogP) is 3.27. The summed E-state index contributed by atoms with van der Waals surface area (Å²) in [5, 5.41) is 8.72. The highest BCUT2D eigenvalue weighted by Gasteiger charge is 2.08. The van der Waals surface area contributed by atoms with E-state index < -0.39 is 5.97 Å². The predicted molar refractivity (Wildman–Crippen MR) is 55.2 cm³/mol. The summed E-state index contributed by atoms with van der Waals surface area (Å²) >= 11 is 3.35. The van der Waals surface area contributed by atoms with Crippen molar-refractivity contribution >= 4 is 21.9 Å². The Bertz CT molecular complexity index is 332. The Morgan fingerprint density at radius 3 is 2.46 bits per heavy atom. The fraction of sp³-hybridized carbons (Fsp3) is 0.300. The molecule has 0 aromatic heterocycles. The van der Waals surface area contributed by atoms with Crippen LogP contribution in [0.5, 0.6) is 0 Å². The van der Waals surface area contributed by atoms with Crippen molar-refractivity contribution in [3.05, 3.63) is 33.8 Å². The number of benzene rings is 1. The number of carboxylic acid groups (broad SMARTS) is 1. The molecule has 70 valence electrons. The topological polar surface area (TPSA) is 37.3 Å². The van der Waals surface area contributed by atoms with Crippen LogP contribution >= 0.6 is 15.9 Å². The fourth-order valence-electron chi connectivity index (χ4n) is 1.13. The molecule has 1 aromatic carbocycles. The Labute approximate surface area is 85.7 Å². The summed E-state index contributed by atoms with van der Waals surface area (Å²) in [5.41, 5.74) is 1.45. The van der Waals surface area contributed by atoms with E-state index in [1.807, 2.05) is 6.07 Å². The molecule has 0 heterocycles. The van der Waals surface area contributed by atoms with Crippen LogP contribution in [0.25, 0.3) is 0 Å². The van der Waals surface area contributed by atoms with Gasteiger partial charge in [-0.05, 0) is 23.6 Å². The molecule has 0 amide bonds. The maximum Gasteiger partial charge on any atom is 0.335 e. The monoisotopic (exact) mass is 242 g/mol. The molecule has 0 bridgehead atoms. The Balaban J connectivity index is 3.13. The zero-order valence-corrected chi connectivity index (χ0v) is 9.13. The van der Waals surface area contributed by atoms with Crippen molar-refractivity contribution in [1.29, 1.82) is 0 Å². The van der Waals surface area contributed by atoms with Gasteiger partial charge in [-0.1, -0.05) is 35.8 Å². The summed E-state index contributed by atoms with van der Waals surface area (Å²) < 4.78 is 0.863. The van der Waals surface area contributed by atoms with Crippen LogP contribution in [-0.4, -0.2) is 11.1 Å². The number of hydrogen-bond acceptors (Lipinski definition) is 1. The van der Waals surface area contributed by atoms with Gasteiger partial charge in [0.1, 0.15) is 0 Å². The molecule has 0 saturated carbocycles. The van der Waals surface area contributed by atoms with Gasteiger partial charge in [-0.2, -0.15) is 0 Å². The highest BCUT2D eigenvalue weighted by molar-refractivity contribution is 9.10. The van der Waals surface area contributed by atoms with Crippen molar-refractivity contribution < 1.29 is 9.90 Å². The third-order valence-electron chi connectivity index (χ3n) is 1.87. The Kier molecular flexibility index (Phi) is 3.09. The van der Waals surface area contributed by atoms with Crippen LogP contribution in [0.2, 0.25) is 0 Å². The maximum absolute atomic E-state index is 10.6. The van der Waals surface area contributed by atoms with E-state index in [2.05, 4.69) is 29.8 Å². The van der Waals surface area contributed by atoms with E-state index in [1.54, 1.807) is 12.1 Å². The second-order valence-corrected chi connectivity index (χ2v) is 4.05. The molecule has 0 saturated heterocycles. The van der Waals surface area contributed by atoms with Crippen molar-refractivity contribution in [1.82, 2.24) is 0 Å². The van der Waals surface area contributed by atoms with Crippen molar-refractivity contribution in [2.24, 2.45) is 0 Å². The third-order valence-corrected chi connectivity index (χ3v) is 2.56. The van der Waals surface area contributed by atoms with Gasteiger partial charge in [0.2, 0.25) is 0 Å². The zero-order chi connectivity index (χ0) is 10.0. The van der Waals surface area contributed by atoms with Crippen LogP contribution in [0, 0.1) is 0 Å². The van der Waals surface area contributed by atoms with Gasteiger partial charge >= 0.3 is 5.97 Å². The van der Waals surface area contributed by atoms with Crippen LogP contribution in [0.3, 0.4) is 0 Å². The lowest BCUT2D eigenvalue weighted by Crippen LogP contribution is -1.98. The Hall–Kier alpha value is -0.830. The molecule has 13 heavy (non-hydrogen) atoms. The summed E-state index contributed by atoms with van der Waals surface area (Å²) in [6, 6.07) is 5.11. The van der Waals surface area contributed by atoms with Crippen molar-refractivity contribution in [3.63, 3.8) is 0 Å². The summed E-state index contributed by atoms with van der Waals surface area (Å²) in [4.78, 5) is 10.6. The molecule has 0 aliphatic rings. The van der Waals surface area contributed by atoms with Crippen LogP contribution in [0.4, 0.5) is 0 Å². The molecular formula is C10H11BrO2. The molecule has 0 aliphatic heterocycles. The minimum absolute atomic E-state index is 0.316. The van der Waals surface area contributed by atoms with Gasteiger partial charge in [0.25, 0.3) is 0 Å². The molecule has 0 fully saturated rings. The maximum atomic E-state index is 10.6. The Morgan fingerprint density at radius 1 is 1.46 bits per heavy atom. The quantitative estimate of drug-likeness (QED) is 0.865. The summed E-state index contributed by atoms with van der Waals surface area (Å²) in [5.74, 6) is -0.492. The van der Waals surface area contributed by atoms with E-state index in [1.165, 1.54) is 0 Å². The van der Waals surface area contributed by atoms with Crippen molar-refractivity contribution in [2.45, 2.75) is 19.8 Å². The molecule has 3 heteroatoms. The lowest BCUT2D eigenvalue weighted by Gasteiger charge is -2.08. The fourth-order valence-corrected chi connectivity index (χ4v) is 1.97. The van der Waals surface area contributed by atoms with Gasteiger partial charge in [-0.15, -0.1) is 0 Å².